The van der Waals surface area contributed by atoms with Crippen LogP contribution in [-0.2, 0) is 32.6 Å². The van der Waals surface area contributed by atoms with Gasteiger partial charge in [-0.05, 0) is 56.1 Å². The molecule has 7 nitrogen and oxygen atoms in total. The first-order valence-corrected chi connectivity index (χ1v) is 10.2. The van der Waals surface area contributed by atoms with Gasteiger partial charge in [-0.1, -0.05) is 6.08 Å². The van der Waals surface area contributed by atoms with Gasteiger partial charge in [0.15, 0.2) is 17.6 Å². The fourth-order valence-electron chi connectivity index (χ4n) is 6.14. The molecule has 2 N–H and O–H groups in total. The molecule has 5 unspecified atom stereocenters. The smallest absolute Gasteiger partial charge is 0.303 e. The maximum Gasteiger partial charge on any atom is 0.303 e. The number of likely N-dealkylation sites (tertiary alicyclic amines) is 1. The second-order valence-electron chi connectivity index (χ2n) is 8.70. The molecule has 0 aromatic heterocycles. The number of carbonyl (C=O) groups is 2. The van der Waals surface area contributed by atoms with Crippen LogP contribution in [0.3, 0.4) is 0 Å². The Kier molecular flexibility index (Phi) is 3.97. The summed E-state index contributed by atoms with van der Waals surface area (Å²) < 4.78 is 11.9. The maximum atomic E-state index is 11.7. The minimum atomic E-state index is -0.856. The van der Waals surface area contributed by atoms with E-state index in [-0.39, 0.29) is 41.6 Å². The third kappa shape index (κ3) is 2.46. The highest BCUT2D eigenvalue weighted by Crippen LogP contribution is 2.63. The Hall–Kier alpha value is -2.54. The van der Waals surface area contributed by atoms with Crippen LogP contribution in [0.2, 0.25) is 0 Å². The summed E-state index contributed by atoms with van der Waals surface area (Å²) in [6.07, 6.45) is 5.21. The molecule has 5 rings (SSSR count). The van der Waals surface area contributed by atoms with Gasteiger partial charge in [-0.15, -0.1) is 0 Å². The average molecular weight is 399 g/mol. The van der Waals surface area contributed by atoms with E-state index in [1.54, 1.807) is 6.07 Å². The van der Waals surface area contributed by atoms with E-state index in [4.69, 9.17) is 14.6 Å². The van der Waals surface area contributed by atoms with Gasteiger partial charge in [0.05, 0.1) is 0 Å². The number of esters is 1. The topological polar surface area (TPSA) is 96.3 Å². The van der Waals surface area contributed by atoms with Gasteiger partial charge in [0.1, 0.15) is 6.10 Å². The zero-order chi connectivity index (χ0) is 20.5. The van der Waals surface area contributed by atoms with Crippen LogP contribution in [0.5, 0.6) is 11.5 Å². The summed E-state index contributed by atoms with van der Waals surface area (Å²) in [6, 6.07) is 1.92. The maximum absolute atomic E-state index is 11.7. The Morgan fingerprint density at radius 3 is 2.90 bits per heavy atom. The van der Waals surface area contributed by atoms with Crippen molar-refractivity contribution in [3.05, 3.63) is 34.9 Å². The molecule has 0 amide bonds. The molecule has 2 aliphatic heterocycles. The molecule has 4 aliphatic rings. The minimum Gasteiger partial charge on any atom is -0.504 e. The zero-order valence-corrected chi connectivity index (χ0v) is 16.6. The zero-order valence-electron chi connectivity index (χ0n) is 16.6. The number of phenols is 1. The van der Waals surface area contributed by atoms with E-state index in [0.717, 1.165) is 36.1 Å². The van der Waals surface area contributed by atoms with Crippen LogP contribution in [0, 0.1) is 5.92 Å². The number of aliphatic carboxylic acids is 1. The molecule has 1 saturated heterocycles. The van der Waals surface area contributed by atoms with Crippen LogP contribution < -0.4 is 4.74 Å². The highest BCUT2D eigenvalue weighted by molar-refractivity contribution is 5.69. The van der Waals surface area contributed by atoms with E-state index in [1.165, 1.54) is 6.92 Å². The summed E-state index contributed by atoms with van der Waals surface area (Å²) in [7, 11) is 2.12. The highest BCUT2D eigenvalue weighted by Gasteiger charge is 2.65. The Morgan fingerprint density at radius 2 is 2.17 bits per heavy atom. The number of nitrogens with zero attached hydrogens (tertiary/aromatic N) is 1. The number of benzene rings is 1. The number of hydrogen-bond acceptors (Lipinski definition) is 6. The lowest BCUT2D eigenvalue weighted by Crippen LogP contribution is -2.65. The molecule has 1 fully saturated rings. The number of rotatable bonds is 4. The van der Waals surface area contributed by atoms with Crippen molar-refractivity contribution in [1.29, 1.82) is 0 Å². The van der Waals surface area contributed by atoms with E-state index >= 15 is 0 Å². The van der Waals surface area contributed by atoms with Gasteiger partial charge in [0, 0.05) is 36.3 Å². The Morgan fingerprint density at radius 1 is 1.38 bits per heavy atom. The lowest BCUT2D eigenvalue weighted by atomic mass is 9.53. The summed E-state index contributed by atoms with van der Waals surface area (Å²) in [5.74, 6) is -0.489. The average Bonchev–Trinajstić information content (AvgIpc) is 3.01. The third-order valence-electron chi connectivity index (χ3n) is 7.26. The number of carbonyl (C=O) groups excluding carboxylic acids is 1. The van der Waals surface area contributed by atoms with Crippen LogP contribution in [-0.4, -0.2) is 58.9 Å². The van der Waals surface area contributed by atoms with Crippen molar-refractivity contribution in [2.24, 2.45) is 5.92 Å². The van der Waals surface area contributed by atoms with Crippen molar-refractivity contribution in [2.75, 3.05) is 13.6 Å². The number of carboxylic acids is 1. The molecule has 0 radical (unpaired) electrons. The molecule has 7 heteroatoms. The van der Waals surface area contributed by atoms with E-state index in [9.17, 15) is 14.7 Å². The first-order valence-electron chi connectivity index (χ1n) is 10.2. The quantitative estimate of drug-likeness (QED) is 0.589. The third-order valence-corrected chi connectivity index (χ3v) is 7.26. The summed E-state index contributed by atoms with van der Waals surface area (Å²) in [4.78, 5) is 25.2. The van der Waals surface area contributed by atoms with Gasteiger partial charge in [0.25, 0.3) is 0 Å². The number of hydrogen-bond donors (Lipinski definition) is 2. The SMILES string of the molecule is CC(=O)OC1C=CC2C3Cc4c(CCC(=O)O)cc(O)c5c4C2(CCN3C)C1O5. The fraction of sp³-hybridized carbons (Fsp3) is 0.545. The van der Waals surface area contributed by atoms with Crippen LogP contribution in [0.4, 0.5) is 0 Å². The molecular weight excluding hydrogens is 374 g/mol. The largest absolute Gasteiger partial charge is 0.504 e. The van der Waals surface area contributed by atoms with Crippen molar-refractivity contribution in [1.82, 2.24) is 4.90 Å². The molecule has 154 valence electrons. The van der Waals surface area contributed by atoms with Crippen LogP contribution in [0.1, 0.15) is 36.5 Å². The molecule has 2 aliphatic carbocycles. The van der Waals surface area contributed by atoms with E-state index in [2.05, 4.69) is 18.0 Å². The predicted molar refractivity (Wildman–Crippen MR) is 103 cm³/mol. The lowest BCUT2D eigenvalue weighted by molar-refractivity contribution is -0.152. The Balaban J connectivity index is 1.70. The van der Waals surface area contributed by atoms with Gasteiger partial charge >= 0.3 is 11.9 Å². The standard InChI is InChI=1S/C22H25NO6/c1-11(24)28-17-5-4-14-15-10-13-12(3-6-18(26)27)9-16(25)20-19(13)22(14,21(17)29-20)7-8-23(15)2/h4-5,9,14-15,17,21,25H,3,6-8,10H2,1-2H3,(H,26,27). The van der Waals surface area contributed by atoms with Gasteiger partial charge < -0.3 is 24.6 Å². The molecule has 1 aromatic rings. The summed E-state index contributed by atoms with van der Waals surface area (Å²) in [5, 5.41) is 19.9. The molecule has 1 spiro atoms. The second kappa shape index (κ2) is 6.23. The Bertz CT molecular complexity index is 940. The molecule has 2 heterocycles. The number of piperidine rings is 1. The molecule has 5 atom stereocenters. The first kappa shape index (κ1) is 18.5. The van der Waals surface area contributed by atoms with Crippen molar-refractivity contribution in [3.63, 3.8) is 0 Å². The van der Waals surface area contributed by atoms with E-state index in [1.807, 2.05) is 6.08 Å². The van der Waals surface area contributed by atoms with Crippen molar-refractivity contribution in [3.8, 4) is 11.5 Å². The molecular formula is C22H25NO6. The van der Waals surface area contributed by atoms with Crippen LogP contribution in [0.15, 0.2) is 18.2 Å². The molecule has 29 heavy (non-hydrogen) atoms. The first-order chi connectivity index (χ1) is 13.8. The number of aromatic hydroxyl groups is 1. The number of likely N-dealkylation sites (N-methyl/N-ethyl adjacent to an activating group) is 1. The normalized spacial score (nSPS) is 33.7. The molecule has 1 aromatic carbocycles. The van der Waals surface area contributed by atoms with Crippen molar-refractivity contribution >= 4 is 11.9 Å². The van der Waals surface area contributed by atoms with Crippen molar-refractivity contribution < 1.29 is 29.3 Å². The van der Waals surface area contributed by atoms with Crippen LogP contribution in [0.25, 0.3) is 0 Å². The van der Waals surface area contributed by atoms with Gasteiger partial charge in [0.2, 0.25) is 0 Å². The van der Waals surface area contributed by atoms with Gasteiger partial charge in [-0.2, -0.15) is 0 Å². The predicted octanol–water partition coefficient (Wildman–Crippen LogP) is 1.79. The monoisotopic (exact) mass is 399 g/mol. The Labute approximate surface area is 168 Å². The summed E-state index contributed by atoms with van der Waals surface area (Å²) in [5.41, 5.74) is 2.63. The lowest BCUT2D eigenvalue weighted by Gasteiger charge is -2.56. The second-order valence-corrected chi connectivity index (χ2v) is 8.70. The number of ether oxygens (including phenoxy) is 2. The highest BCUT2D eigenvalue weighted by atomic mass is 16.6. The number of phenolic OH excluding ortho intramolecular Hbond substituents is 1. The van der Waals surface area contributed by atoms with E-state index in [0.29, 0.717) is 12.2 Å². The van der Waals surface area contributed by atoms with E-state index < -0.39 is 12.1 Å². The molecule has 0 saturated carbocycles. The van der Waals surface area contributed by atoms with Crippen molar-refractivity contribution in [2.45, 2.75) is 56.3 Å². The summed E-state index contributed by atoms with van der Waals surface area (Å²) in [6.45, 7) is 2.28. The van der Waals surface area contributed by atoms with Gasteiger partial charge in [-0.25, -0.2) is 0 Å². The summed E-state index contributed by atoms with van der Waals surface area (Å²) >= 11 is 0. The minimum absolute atomic E-state index is 0.0163. The number of aryl methyl sites for hydroxylation is 1. The number of carboxylic acid groups (broad SMARTS) is 1. The van der Waals surface area contributed by atoms with Crippen LogP contribution >= 0.6 is 0 Å². The fourth-order valence-corrected chi connectivity index (χ4v) is 6.14. The van der Waals surface area contributed by atoms with Gasteiger partial charge in [-0.3, -0.25) is 9.59 Å². The molecule has 2 bridgehead atoms.